The number of amides is 1. The maximum atomic E-state index is 12.8. The number of fused-ring (bicyclic) bond motifs is 1. The summed E-state index contributed by atoms with van der Waals surface area (Å²) in [6, 6.07) is 10.8. The monoisotopic (exact) mass is 395 g/mol. The first-order chi connectivity index (χ1) is 13.6. The third kappa shape index (κ3) is 3.70. The molecule has 2 aromatic rings. The molecule has 1 N–H and O–H groups in total. The molecule has 0 saturated heterocycles. The number of rotatable bonds is 3. The number of carbonyl (C=O) groups is 2. The molecule has 0 spiro atoms. The third-order valence-corrected chi connectivity index (χ3v) is 5.04. The molecule has 0 radical (unpaired) electrons. The van der Waals surface area contributed by atoms with Crippen LogP contribution in [-0.4, -0.2) is 22.4 Å². The summed E-state index contributed by atoms with van der Waals surface area (Å²) in [5, 5.41) is 12.2. The van der Waals surface area contributed by atoms with Gasteiger partial charge >= 0.3 is 12.2 Å². The molecule has 0 aliphatic carbocycles. The molecule has 7 heteroatoms. The van der Waals surface area contributed by atoms with Gasteiger partial charge < -0.3 is 9.47 Å². The van der Waals surface area contributed by atoms with E-state index in [-0.39, 0.29) is 5.69 Å². The van der Waals surface area contributed by atoms with Crippen molar-refractivity contribution in [2.24, 2.45) is 0 Å². The number of nitriles is 1. The van der Waals surface area contributed by atoms with E-state index >= 15 is 0 Å². The summed E-state index contributed by atoms with van der Waals surface area (Å²) in [5.74, 6) is 0. The molecule has 0 fully saturated rings. The average molecular weight is 395 g/mol. The highest BCUT2D eigenvalue weighted by Crippen LogP contribution is 2.43. The van der Waals surface area contributed by atoms with Crippen LogP contribution in [-0.2, 0) is 15.1 Å². The van der Waals surface area contributed by atoms with Crippen molar-refractivity contribution in [2.45, 2.75) is 58.7 Å². The van der Waals surface area contributed by atoms with Crippen LogP contribution < -0.4 is 5.32 Å². The highest BCUT2D eigenvalue weighted by atomic mass is 16.6. The number of carbonyl (C=O) groups excluding carboxylic acids is 2. The maximum absolute atomic E-state index is 12.8. The fourth-order valence-corrected chi connectivity index (χ4v) is 3.59. The molecule has 3 rings (SSSR count). The Balaban J connectivity index is 2.15. The topological polar surface area (TPSA) is 93.4 Å². The summed E-state index contributed by atoms with van der Waals surface area (Å²) in [5.41, 5.74) is 1.54. The number of nitrogens with one attached hydrogen (secondary N) is 1. The number of aromatic nitrogens is 1. The highest BCUT2D eigenvalue weighted by Gasteiger charge is 2.39. The maximum Gasteiger partial charge on any atom is 0.420 e. The fourth-order valence-electron chi connectivity index (χ4n) is 3.59. The normalized spacial score (nSPS) is 15.0. The smallest absolute Gasteiger partial charge is 0.420 e. The zero-order valence-electron chi connectivity index (χ0n) is 17.3. The SMILES string of the molecule is CCC1(CC)OC(=O)Nc2ccc(-c3ccc(C#N)n3C(=O)OC(C)(C)C)cc21. The van der Waals surface area contributed by atoms with Crippen molar-refractivity contribution in [1.29, 1.82) is 5.26 Å². The summed E-state index contributed by atoms with van der Waals surface area (Å²) < 4.78 is 12.4. The summed E-state index contributed by atoms with van der Waals surface area (Å²) in [6.45, 7) is 9.26. The van der Waals surface area contributed by atoms with E-state index in [4.69, 9.17) is 9.47 Å². The predicted octanol–water partition coefficient (Wildman–Crippen LogP) is 5.39. The lowest BCUT2D eigenvalue weighted by molar-refractivity contribution is 0.00475. The standard InChI is InChI=1S/C22H25N3O4/c1-6-22(7-2)16-12-14(8-10-17(16)24-19(26)28-22)18-11-9-15(13-23)25(18)20(27)29-21(3,4)5/h8-12H,6-7H2,1-5H3,(H,24,26). The Kier molecular flexibility index (Phi) is 5.14. The van der Waals surface area contributed by atoms with E-state index in [9.17, 15) is 14.9 Å². The van der Waals surface area contributed by atoms with Crippen LogP contribution in [0.5, 0.6) is 0 Å². The number of hydrogen-bond donors (Lipinski definition) is 1. The summed E-state index contributed by atoms with van der Waals surface area (Å²) >= 11 is 0. The largest absolute Gasteiger partial charge is 0.443 e. The molecule has 0 unspecified atom stereocenters. The minimum Gasteiger partial charge on any atom is -0.443 e. The van der Waals surface area contributed by atoms with E-state index in [0.717, 1.165) is 11.1 Å². The number of benzene rings is 1. The summed E-state index contributed by atoms with van der Waals surface area (Å²) in [4.78, 5) is 24.8. The summed E-state index contributed by atoms with van der Waals surface area (Å²) in [7, 11) is 0. The molecule has 1 aliphatic rings. The van der Waals surface area contributed by atoms with Gasteiger partial charge in [-0.25, -0.2) is 14.2 Å². The second kappa shape index (κ2) is 7.28. The Bertz CT molecular complexity index is 1000. The fraction of sp³-hybridized carbons (Fsp3) is 0.409. The van der Waals surface area contributed by atoms with Gasteiger partial charge in [-0.3, -0.25) is 5.32 Å². The number of hydrogen-bond acceptors (Lipinski definition) is 5. The molecular weight excluding hydrogens is 370 g/mol. The Morgan fingerprint density at radius 2 is 1.93 bits per heavy atom. The first-order valence-corrected chi connectivity index (χ1v) is 9.64. The lowest BCUT2D eigenvalue weighted by atomic mass is 9.85. The Morgan fingerprint density at radius 3 is 2.52 bits per heavy atom. The van der Waals surface area contributed by atoms with E-state index < -0.39 is 23.4 Å². The molecular formula is C22H25N3O4. The van der Waals surface area contributed by atoms with Gasteiger partial charge in [0.1, 0.15) is 23.0 Å². The molecule has 1 amide bonds. The van der Waals surface area contributed by atoms with Crippen molar-refractivity contribution in [1.82, 2.24) is 4.57 Å². The lowest BCUT2D eigenvalue weighted by Crippen LogP contribution is -2.38. The zero-order chi connectivity index (χ0) is 21.4. The Labute approximate surface area is 170 Å². The number of cyclic esters (lactones) is 1. The minimum atomic E-state index is -0.741. The van der Waals surface area contributed by atoms with Crippen LogP contribution in [0.4, 0.5) is 15.3 Å². The van der Waals surface area contributed by atoms with Gasteiger partial charge in [0.05, 0.1) is 11.4 Å². The molecule has 29 heavy (non-hydrogen) atoms. The zero-order valence-corrected chi connectivity index (χ0v) is 17.3. The van der Waals surface area contributed by atoms with E-state index in [1.165, 1.54) is 4.57 Å². The Hall–Kier alpha value is -3.27. The van der Waals surface area contributed by atoms with Gasteiger partial charge in [0.25, 0.3) is 0 Å². The van der Waals surface area contributed by atoms with Crippen molar-refractivity contribution >= 4 is 17.9 Å². The average Bonchev–Trinajstić information content (AvgIpc) is 3.10. The Morgan fingerprint density at radius 1 is 1.24 bits per heavy atom. The molecule has 152 valence electrons. The molecule has 1 aromatic carbocycles. The van der Waals surface area contributed by atoms with Crippen LogP contribution in [0, 0.1) is 11.3 Å². The van der Waals surface area contributed by atoms with Gasteiger partial charge in [-0.05, 0) is 63.4 Å². The number of anilines is 1. The first-order valence-electron chi connectivity index (χ1n) is 9.64. The van der Waals surface area contributed by atoms with Gasteiger partial charge in [-0.2, -0.15) is 5.26 Å². The van der Waals surface area contributed by atoms with Gasteiger partial charge in [-0.1, -0.05) is 19.9 Å². The van der Waals surface area contributed by atoms with Crippen LogP contribution in [0.2, 0.25) is 0 Å². The van der Waals surface area contributed by atoms with Crippen molar-refractivity contribution in [3.8, 4) is 17.3 Å². The van der Waals surface area contributed by atoms with Crippen molar-refractivity contribution < 1.29 is 19.1 Å². The highest BCUT2D eigenvalue weighted by molar-refractivity contribution is 5.90. The third-order valence-electron chi connectivity index (χ3n) is 5.04. The minimum absolute atomic E-state index is 0.189. The van der Waals surface area contributed by atoms with Crippen LogP contribution in [0.3, 0.4) is 0 Å². The predicted molar refractivity (Wildman–Crippen MR) is 109 cm³/mol. The van der Waals surface area contributed by atoms with E-state index in [1.54, 1.807) is 45.0 Å². The second-order valence-electron chi connectivity index (χ2n) is 8.01. The quantitative estimate of drug-likeness (QED) is 0.752. The van der Waals surface area contributed by atoms with Crippen molar-refractivity contribution in [2.75, 3.05) is 5.32 Å². The molecule has 0 atom stereocenters. The number of ether oxygens (including phenoxy) is 2. The van der Waals surface area contributed by atoms with Crippen LogP contribution >= 0.6 is 0 Å². The number of nitrogens with zero attached hydrogens (tertiary/aromatic N) is 2. The molecule has 1 aliphatic heterocycles. The van der Waals surface area contributed by atoms with Crippen molar-refractivity contribution in [3.63, 3.8) is 0 Å². The van der Waals surface area contributed by atoms with Crippen molar-refractivity contribution in [3.05, 3.63) is 41.6 Å². The molecule has 2 heterocycles. The van der Waals surface area contributed by atoms with E-state index in [0.29, 0.717) is 24.2 Å². The van der Waals surface area contributed by atoms with Crippen LogP contribution in [0.25, 0.3) is 11.3 Å². The van der Waals surface area contributed by atoms with Crippen LogP contribution in [0.15, 0.2) is 30.3 Å². The van der Waals surface area contributed by atoms with Gasteiger partial charge in [0, 0.05) is 5.56 Å². The molecule has 1 aromatic heterocycles. The second-order valence-corrected chi connectivity index (χ2v) is 8.01. The summed E-state index contributed by atoms with van der Waals surface area (Å²) in [6.07, 6.45) is 0.139. The lowest BCUT2D eigenvalue weighted by Gasteiger charge is -2.37. The molecule has 0 saturated carbocycles. The molecule has 7 nitrogen and oxygen atoms in total. The van der Waals surface area contributed by atoms with Gasteiger partial charge in [-0.15, -0.1) is 0 Å². The molecule has 0 bridgehead atoms. The first kappa shape index (κ1) is 20.5. The van der Waals surface area contributed by atoms with Gasteiger partial charge in [0.15, 0.2) is 0 Å². The van der Waals surface area contributed by atoms with Gasteiger partial charge in [0.2, 0.25) is 0 Å². The van der Waals surface area contributed by atoms with Crippen LogP contribution in [0.1, 0.15) is 58.7 Å². The van der Waals surface area contributed by atoms with E-state index in [2.05, 4.69) is 5.32 Å². The van der Waals surface area contributed by atoms with E-state index in [1.807, 2.05) is 26.0 Å².